The zero-order valence-electron chi connectivity index (χ0n) is 8.59. The quantitative estimate of drug-likeness (QED) is 0.767. The van der Waals surface area contributed by atoms with Crippen molar-refractivity contribution >= 4 is 21.8 Å². The number of amides is 1. The number of rotatable bonds is 5. The lowest BCUT2D eigenvalue weighted by atomic mass is 10.1. The van der Waals surface area contributed by atoms with Crippen LogP contribution in [0, 0.1) is 5.92 Å². The first-order valence-electron chi connectivity index (χ1n) is 5.22. The summed E-state index contributed by atoms with van der Waals surface area (Å²) in [6.07, 6.45) is 3.71. The molecule has 1 rings (SSSR count). The predicted octanol–water partition coefficient (Wildman–Crippen LogP) is 1.70. The first-order valence-corrected chi connectivity index (χ1v) is 6.14. The van der Waals surface area contributed by atoms with E-state index >= 15 is 0 Å². The molecule has 0 bridgehead atoms. The number of hydrogen-bond acceptors (Lipinski definition) is 2. The summed E-state index contributed by atoms with van der Waals surface area (Å²) in [6.45, 7) is 3.45. The van der Waals surface area contributed by atoms with Crippen LogP contribution in [0.3, 0.4) is 0 Å². The fourth-order valence-corrected chi connectivity index (χ4v) is 2.49. The third kappa shape index (κ3) is 3.96. The van der Waals surface area contributed by atoms with Crippen molar-refractivity contribution in [2.24, 2.45) is 5.92 Å². The van der Waals surface area contributed by atoms with Crippen LogP contribution in [0.4, 0.5) is 0 Å². The van der Waals surface area contributed by atoms with Crippen molar-refractivity contribution in [2.45, 2.75) is 31.0 Å². The van der Waals surface area contributed by atoms with Crippen LogP contribution in [0.2, 0.25) is 0 Å². The minimum absolute atomic E-state index is 0.00144. The van der Waals surface area contributed by atoms with Crippen LogP contribution in [-0.2, 0) is 9.53 Å². The van der Waals surface area contributed by atoms with Crippen LogP contribution in [0.25, 0.3) is 0 Å². The van der Waals surface area contributed by atoms with Crippen molar-refractivity contribution in [3.8, 4) is 0 Å². The summed E-state index contributed by atoms with van der Waals surface area (Å²) in [6, 6.07) is 0. The van der Waals surface area contributed by atoms with Crippen molar-refractivity contribution in [3.63, 3.8) is 0 Å². The van der Waals surface area contributed by atoms with Gasteiger partial charge in [0.25, 0.3) is 0 Å². The zero-order chi connectivity index (χ0) is 10.4. The fourth-order valence-electron chi connectivity index (χ4n) is 1.71. The average Bonchev–Trinajstić information content (AvgIpc) is 2.58. The second kappa shape index (κ2) is 6.40. The van der Waals surface area contributed by atoms with E-state index in [2.05, 4.69) is 21.2 Å². The summed E-state index contributed by atoms with van der Waals surface area (Å²) >= 11 is 3.62. The largest absolute Gasteiger partial charge is 0.372 e. The molecule has 0 aliphatic heterocycles. The van der Waals surface area contributed by atoms with Crippen LogP contribution in [-0.4, -0.2) is 30.5 Å². The average molecular weight is 264 g/mol. The summed E-state index contributed by atoms with van der Waals surface area (Å²) < 4.78 is 5.01. The minimum Gasteiger partial charge on any atom is -0.372 e. The Kier molecular flexibility index (Phi) is 5.48. The van der Waals surface area contributed by atoms with Crippen molar-refractivity contribution < 1.29 is 9.53 Å². The standard InChI is InChI=1S/C10H18BrNO2/c1-2-14-7-10(13)12-6-8-4-3-5-9(8)11/h8-9H,2-7H2,1H3,(H,12,13). The maximum atomic E-state index is 11.2. The molecular weight excluding hydrogens is 246 g/mol. The highest BCUT2D eigenvalue weighted by molar-refractivity contribution is 9.09. The van der Waals surface area contributed by atoms with E-state index in [-0.39, 0.29) is 12.5 Å². The third-order valence-electron chi connectivity index (χ3n) is 2.57. The molecule has 1 aliphatic rings. The van der Waals surface area contributed by atoms with Gasteiger partial charge < -0.3 is 10.1 Å². The number of hydrogen-bond donors (Lipinski definition) is 1. The molecule has 0 spiro atoms. The zero-order valence-corrected chi connectivity index (χ0v) is 10.2. The Morgan fingerprint density at radius 3 is 2.93 bits per heavy atom. The molecule has 1 N–H and O–H groups in total. The molecule has 4 heteroatoms. The molecule has 82 valence electrons. The molecule has 14 heavy (non-hydrogen) atoms. The molecular formula is C10H18BrNO2. The molecule has 0 heterocycles. The number of carbonyl (C=O) groups excluding carboxylic acids is 1. The second-order valence-corrected chi connectivity index (χ2v) is 4.82. The van der Waals surface area contributed by atoms with E-state index in [9.17, 15) is 4.79 Å². The number of alkyl halides is 1. The van der Waals surface area contributed by atoms with Crippen molar-refractivity contribution in [1.82, 2.24) is 5.32 Å². The monoisotopic (exact) mass is 263 g/mol. The number of ether oxygens (including phenoxy) is 1. The Labute approximate surface area is 93.7 Å². The summed E-state index contributed by atoms with van der Waals surface area (Å²) in [5, 5.41) is 2.90. The molecule has 1 aliphatic carbocycles. The van der Waals surface area contributed by atoms with E-state index < -0.39 is 0 Å². The lowest BCUT2D eigenvalue weighted by Crippen LogP contribution is -2.33. The van der Waals surface area contributed by atoms with E-state index in [0.717, 1.165) is 6.54 Å². The first kappa shape index (κ1) is 12.0. The lowest BCUT2D eigenvalue weighted by Gasteiger charge is -2.14. The Bertz CT molecular complexity index is 187. The van der Waals surface area contributed by atoms with E-state index in [0.29, 0.717) is 17.4 Å². The Morgan fingerprint density at radius 1 is 1.57 bits per heavy atom. The van der Waals surface area contributed by atoms with Crippen LogP contribution >= 0.6 is 15.9 Å². The Balaban J connectivity index is 2.10. The molecule has 2 unspecified atom stereocenters. The highest BCUT2D eigenvalue weighted by Crippen LogP contribution is 2.30. The van der Waals surface area contributed by atoms with Gasteiger partial charge in [-0.15, -0.1) is 0 Å². The molecule has 1 fully saturated rings. The van der Waals surface area contributed by atoms with Gasteiger partial charge in [-0.25, -0.2) is 0 Å². The molecule has 1 saturated carbocycles. The maximum Gasteiger partial charge on any atom is 0.246 e. The Hall–Kier alpha value is -0.0900. The van der Waals surface area contributed by atoms with Gasteiger partial charge >= 0.3 is 0 Å². The first-order chi connectivity index (χ1) is 6.74. The van der Waals surface area contributed by atoms with Gasteiger partial charge in [-0.1, -0.05) is 22.4 Å². The van der Waals surface area contributed by atoms with E-state index in [1.54, 1.807) is 0 Å². The second-order valence-electron chi connectivity index (χ2n) is 3.65. The van der Waals surface area contributed by atoms with Crippen LogP contribution in [0.1, 0.15) is 26.2 Å². The van der Waals surface area contributed by atoms with Crippen LogP contribution in [0.15, 0.2) is 0 Å². The topological polar surface area (TPSA) is 38.3 Å². The Morgan fingerprint density at radius 2 is 2.36 bits per heavy atom. The molecule has 0 aromatic carbocycles. The maximum absolute atomic E-state index is 11.2. The number of carbonyl (C=O) groups is 1. The number of nitrogens with one attached hydrogen (secondary N) is 1. The van der Waals surface area contributed by atoms with Gasteiger partial charge in [0.1, 0.15) is 6.61 Å². The van der Waals surface area contributed by atoms with Crippen molar-refractivity contribution in [1.29, 1.82) is 0 Å². The van der Waals surface area contributed by atoms with Gasteiger partial charge in [0.15, 0.2) is 0 Å². The van der Waals surface area contributed by atoms with E-state index in [1.165, 1.54) is 19.3 Å². The molecule has 0 saturated heterocycles. The van der Waals surface area contributed by atoms with Crippen LogP contribution in [0.5, 0.6) is 0 Å². The lowest BCUT2D eigenvalue weighted by molar-refractivity contribution is -0.125. The van der Waals surface area contributed by atoms with Gasteiger partial charge in [0.2, 0.25) is 5.91 Å². The predicted molar refractivity (Wildman–Crippen MR) is 59.6 cm³/mol. The van der Waals surface area contributed by atoms with E-state index in [1.807, 2.05) is 6.92 Å². The molecule has 2 atom stereocenters. The van der Waals surface area contributed by atoms with Crippen molar-refractivity contribution in [3.05, 3.63) is 0 Å². The van der Waals surface area contributed by atoms with Crippen LogP contribution < -0.4 is 5.32 Å². The van der Waals surface area contributed by atoms with Gasteiger partial charge in [-0.05, 0) is 25.7 Å². The summed E-state index contributed by atoms with van der Waals surface area (Å²) in [4.78, 5) is 11.8. The minimum atomic E-state index is -0.00144. The normalized spacial score (nSPS) is 26.4. The fraction of sp³-hybridized carbons (Fsp3) is 0.900. The van der Waals surface area contributed by atoms with Gasteiger partial charge in [0.05, 0.1) is 0 Å². The highest BCUT2D eigenvalue weighted by Gasteiger charge is 2.24. The van der Waals surface area contributed by atoms with E-state index in [4.69, 9.17) is 4.74 Å². The number of halogens is 1. The van der Waals surface area contributed by atoms with Gasteiger partial charge in [-0.2, -0.15) is 0 Å². The third-order valence-corrected chi connectivity index (χ3v) is 3.77. The molecule has 0 aromatic rings. The summed E-state index contributed by atoms with van der Waals surface area (Å²) in [7, 11) is 0. The molecule has 0 aromatic heterocycles. The molecule has 3 nitrogen and oxygen atoms in total. The summed E-state index contributed by atoms with van der Waals surface area (Å²) in [5.74, 6) is 0.596. The van der Waals surface area contributed by atoms with Gasteiger partial charge in [0, 0.05) is 18.0 Å². The molecule has 1 amide bonds. The van der Waals surface area contributed by atoms with Gasteiger partial charge in [-0.3, -0.25) is 4.79 Å². The SMILES string of the molecule is CCOCC(=O)NCC1CCCC1Br. The summed E-state index contributed by atoms with van der Waals surface area (Å²) in [5.41, 5.74) is 0. The molecule has 0 radical (unpaired) electrons. The smallest absolute Gasteiger partial charge is 0.246 e. The highest BCUT2D eigenvalue weighted by atomic mass is 79.9. The van der Waals surface area contributed by atoms with Crippen molar-refractivity contribution in [2.75, 3.05) is 19.8 Å².